The summed E-state index contributed by atoms with van der Waals surface area (Å²) in [5, 5.41) is 18.4. The van der Waals surface area contributed by atoms with E-state index in [1.54, 1.807) is 0 Å². The van der Waals surface area contributed by atoms with Gasteiger partial charge in [-0.3, -0.25) is 14.6 Å². The number of rotatable bonds is 4. The Morgan fingerprint density at radius 2 is 1.96 bits per heavy atom. The van der Waals surface area contributed by atoms with E-state index in [1.165, 1.54) is 5.56 Å². The summed E-state index contributed by atoms with van der Waals surface area (Å²) in [6.07, 6.45) is 0.567. The molecule has 0 bridgehead atoms. The summed E-state index contributed by atoms with van der Waals surface area (Å²) >= 11 is 0. The number of nitrogens with zero attached hydrogens (tertiary/aromatic N) is 3. The molecular formula is C17H21N3O3. The van der Waals surface area contributed by atoms with Crippen molar-refractivity contribution in [1.82, 2.24) is 9.80 Å². The van der Waals surface area contributed by atoms with Crippen LogP contribution in [0.15, 0.2) is 24.3 Å². The Morgan fingerprint density at radius 3 is 2.48 bits per heavy atom. The van der Waals surface area contributed by atoms with Gasteiger partial charge in [-0.05, 0) is 17.7 Å². The van der Waals surface area contributed by atoms with Gasteiger partial charge in [-0.2, -0.15) is 5.26 Å². The molecule has 1 atom stereocenters. The average molecular weight is 315 g/mol. The molecular weight excluding hydrogens is 294 g/mol. The molecule has 1 aromatic carbocycles. The normalized spacial score (nSPS) is 26.0. The zero-order valence-electron chi connectivity index (χ0n) is 13.1. The highest BCUT2D eigenvalue weighted by molar-refractivity contribution is 5.79. The first-order chi connectivity index (χ1) is 11.1. The van der Waals surface area contributed by atoms with Crippen LogP contribution in [0.3, 0.4) is 0 Å². The number of nitriles is 1. The quantitative estimate of drug-likeness (QED) is 0.890. The fourth-order valence-corrected chi connectivity index (χ4v) is 3.38. The second-order valence-electron chi connectivity index (χ2n) is 6.21. The highest BCUT2D eigenvalue weighted by Crippen LogP contribution is 2.28. The van der Waals surface area contributed by atoms with Gasteiger partial charge in [-0.25, -0.2) is 0 Å². The van der Waals surface area contributed by atoms with E-state index >= 15 is 0 Å². The Balaban J connectivity index is 1.57. The van der Waals surface area contributed by atoms with Gasteiger partial charge in [0.25, 0.3) is 0 Å². The minimum atomic E-state index is -0.833. The Hall–Kier alpha value is -1.94. The van der Waals surface area contributed by atoms with Crippen LogP contribution in [0.4, 0.5) is 0 Å². The van der Waals surface area contributed by atoms with Gasteiger partial charge >= 0.3 is 5.97 Å². The van der Waals surface area contributed by atoms with Gasteiger partial charge in [-0.15, -0.1) is 0 Å². The summed E-state index contributed by atoms with van der Waals surface area (Å²) < 4.78 is 5.36. The van der Waals surface area contributed by atoms with E-state index < -0.39 is 11.5 Å². The number of carboxylic acid groups (broad SMARTS) is 1. The summed E-state index contributed by atoms with van der Waals surface area (Å²) in [6.45, 7) is 4.81. The molecule has 3 rings (SSSR count). The van der Waals surface area contributed by atoms with E-state index in [0.717, 1.165) is 32.7 Å². The van der Waals surface area contributed by atoms with Crippen LogP contribution in [0.2, 0.25) is 0 Å². The molecule has 1 aromatic rings. The Kier molecular flexibility index (Phi) is 4.62. The van der Waals surface area contributed by atoms with Crippen molar-refractivity contribution in [3.05, 3.63) is 35.4 Å². The van der Waals surface area contributed by atoms with Crippen molar-refractivity contribution in [1.29, 1.82) is 5.26 Å². The van der Waals surface area contributed by atoms with Crippen LogP contribution in [0.25, 0.3) is 0 Å². The topological polar surface area (TPSA) is 76.8 Å². The second kappa shape index (κ2) is 6.67. The van der Waals surface area contributed by atoms with Gasteiger partial charge in [0, 0.05) is 45.8 Å². The van der Waals surface area contributed by atoms with Crippen molar-refractivity contribution in [2.45, 2.75) is 18.5 Å². The minimum Gasteiger partial charge on any atom is -0.480 e. The van der Waals surface area contributed by atoms with E-state index in [4.69, 9.17) is 10.00 Å². The first-order valence-corrected chi connectivity index (χ1v) is 7.92. The van der Waals surface area contributed by atoms with Crippen molar-refractivity contribution < 1.29 is 14.6 Å². The van der Waals surface area contributed by atoms with Gasteiger partial charge in [0.1, 0.15) is 5.54 Å². The lowest BCUT2D eigenvalue weighted by Crippen LogP contribution is -2.61. The summed E-state index contributed by atoms with van der Waals surface area (Å²) in [5.74, 6) is -0.768. The molecule has 23 heavy (non-hydrogen) atoms. The first-order valence-electron chi connectivity index (χ1n) is 7.92. The van der Waals surface area contributed by atoms with Crippen LogP contribution in [-0.2, 0) is 16.1 Å². The van der Waals surface area contributed by atoms with Crippen LogP contribution >= 0.6 is 0 Å². The monoisotopic (exact) mass is 315 g/mol. The van der Waals surface area contributed by atoms with E-state index in [0.29, 0.717) is 18.6 Å². The third kappa shape index (κ3) is 3.22. The minimum absolute atomic E-state index is 0.290. The van der Waals surface area contributed by atoms with Crippen molar-refractivity contribution in [2.24, 2.45) is 0 Å². The van der Waals surface area contributed by atoms with E-state index in [1.807, 2.05) is 24.3 Å². The molecule has 122 valence electrons. The van der Waals surface area contributed by atoms with E-state index in [-0.39, 0.29) is 6.61 Å². The highest BCUT2D eigenvalue weighted by atomic mass is 16.5. The van der Waals surface area contributed by atoms with Gasteiger partial charge in [0.05, 0.1) is 18.2 Å². The molecule has 6 heteroatoms. The molecule has 2 aliphatic rings. The molecule has 0 radical (unpaired) electrons. The number of carboxylic acids is 1. The highest BCUT2D eigenvalue weighted by Gasteiger charge is 2.48. The van der Waals surface area contributed by atoms with Crippen molar-refractivity contribution >= 4 is 5.97 Å². The molecule has 0 saturated carbocycles. The molecule has 2 fully saturated rings. The van der Waals surface area contributed by atoms with Crippen LogP contribution in [0, 0.1) is 11.3 Å². The molecule has 6 nitrogen and oxygen atoms in total. The molecule has 1 unspecified atom stereocenters. The summed E-state index contributed by atoms with van der Waals surface area (Å²) in [6, 6.07) is 9.75. The Labute approximate surface area is 135 Å². The van der Waals surface area contributed by atoms with Gasteiger partial charge in [-0.1, -0.05) is 12.1 Å². The smallest absolute Gasteiger partial charge is 0.326 e. The molecule has 2 heterocycles. The SMILES string of the molecule is N#Cc1ccc(CN2CCN(C3(C(=O)O)CCOC3)CC2)cc1. The molecule has 2 saturated heterocycles. The Morgan fingerprint density at radius 1 is 1.26 bits per heavy atom. The van der Waals surface area contributed by atoms with Gasteiger partial charge < -0.3 is 9.84 Å². The third-order valence-electron chi connectivity index (χ3n) is 4.87. The third-order valence-corrected chi connectivity index (χ3v) is 4.87. The summed E-state index contributed by atoms with van der Waals surface area (Å²) in [5.41, 5.74) is 1.01. The molecule has 0 amide bonds. The van der Waals surface area contributed by atoms with E-state index in [2.05, 4.69) is 15.9 Å². The second-order valence-corrected chi connectivity index (χ2v) is 6.21. The molecule has 1 N–H and O–H groups in total. The predicted molar refractivity (Wildman–Crippen MR) is 83.8 cm³/mol. The zero-order chi connectivity index (χ0) is 16.3. The fourth-order valence-electron chi connectivity index (χ4n) is 3.38. The van der Waals surface area contributed by atoms with Crippen LogP contribution in [0.5, 0.6) is 0 Å². The first kappa shape index (κ1) is 15.9. The number of ether oxygens (including phenoxy) is 1. The van der Waals surface area contributed by atoms with E-state index in [9.17, 15) is 9.90 Å². The van der Waals surface area contributed by atoms with Crippen LogP contribution < -0.4 is 0 Å². The average Bonchev–Trinajstić information content (AvgIpc) is 3.07. The number of carbonyl (C=O) groups is 1. The maximum Gasteiger partial charge on any atom is 0.326 e. The number of piperazine rings is 1. The largest absolute Gasteiger partial charge is 0.480 e. The molecule has 0 aliphatic carbocycles. The lowest BCUT2D eigenvalue weighted by Gasteiger charge is -2.42. The number of benzene rings is 1. The van der Waals surface area contributed by atoms with Crippen molar-refractivity contribution in [3.63, 3.8) is 0 Å². The van der Waals surface area contributed by atoms with Gasteiger partial charge in [0.2, 0.25) is 0 Å². The lowest BCUT2D eigenvalue weighted by molar-refractivity contribution is -0.153. The predicted octanol–water partition coefficient (Wildman–Crippen LogP) is 0.920. The summed E-state index contributed by atoms with van der Waals surface area (Å²) in [4.78, 5) is 16.1. The molecule has 0 spiro atoms. The fraction of sp³-hybridized carbons (Fsp3) is 0.529. The summed E-state index contributed by atoms with van der Waals surface area (Å²) in [7, 11) is 0. The lowest BCUT2D eigenvalue weighted by atomic mass is 9.95. The Bertz CT molecular complexity index is 595. The van der Waals surface area contributed by atoms with Crippen LogP contribution in [-0.4, -0.2) is 65.8 Å². The number of aliphatic carboxylic acids is 1. The maximum absolute atomic E-state index is 11.7. The number of hydrogen-bond donors (Lipinski definition) is 1. The maximum atomic E-state index is 11.7. The molecule has 2 aliphatic heterocycles. The zero-order valence-corrected chi connectivity index (χ0v) is 13.1. The van der Waals surface area contributed by atoms with Crippen molar-refractivity contribution in [3.8, 4) is 6.07 Å². The van der Waals surface area contributed by atoms with Crippen molar-refractivity contribution in [2.75, 3.05) is 39.4 Å². The standard InChI is InChI=1S/C17H21N3O3/c18-11-14-1-3-15(4-2-14)12-19-6-8-20(9-7-19)17(16(21)22)5-10-23-13-17/h1-4H,5-10,12-13H2,(H,21,22). The van der Waals surface area contributed by atoms with Crippen LogP contribution in [0.1, 0.15) is 17.5 Å². The van der Waals surface area contributed by atoms with Gasteiger partial charge in [0.15, 0.2) is 0 Å². The number of hydrogen-bond acceptors (Lipinski definition) is 5. The molecule has 0 aromatic heterocycles.